The van der Waals surface area contributed by atoms with Crippen LogP contribution in [0.15, 0.2) is 6.20 Å². The van der Waals surface area contributed by atoms with E-state index in [9.17, 15) is 21.6 Å². The molecule has 1 fully saturated rings. The van der Waals surface area contributed by atoms with E-state index in [-0.39, 0.29) is 19.6 Å². The van der Waals surface area contributed by atoms with E-state index in [0.717, 1.165) is 15.6 Å². The number of aryl methyl sites for hydroxylation is 2. The number of likely N-dealkylation sites (tertiary alicyclic amines) is 1. The first-order valence-electron chi connectivity index (χ1n) is 7.12. The molecule has 1 aromatic heterocycles. The maximum atomic E-state index is 13.3. The summed E-state index contributed by atoms with van der Waals surface area (Å²) < 4.78 is 66.8. The van der Waals surface area contributed by atoms with Crippen molar-refractivity contribution in [2.24, 2.45) is 13.0 Å². The largest absolute Gasteiger partial charge is 0.394 e. The Morgan fingerprint density at radius 3 is 2.39 bits per heavy atom. The van der Waals surface area contributed by atoms with Crippen LogP contribution in [0.5, 0.6) is 0 Å². The Morgan fingerprint density at radius 1 is 1.35 bits per heavy atom. The van der Waals surface area contributed by atoms with Gasteiger partial charge < -0.3 is 0 Å². The predicted octanol–water partition coefficient (Wildman–Crippen LogP) is 0.983. The number of aromatic nitrogens is 2. The Bertz CT molecular complexity index is 669. The summed E-state index contributed by atoms with van der Waals surface area (Å²) in [6.07, 6.45) is -2.81. The third-order valence-corrected chi connectivity index (χ3v) is 6.42. The highest BCUT2D eigenvalue weighted by atomic mass is 32.2. The Balaban J connectivity index is 2.25. The molecule has 0 amide bonds. The van der Waals surface area contributed by atoms with Crippen molar-refractivity contribution in [1.29, 1.82) is 0 Å². The number of alkyl halides is 3. The van der Waals surface area contributed by atoms with Crippen molar-refractivity contribution in [3.05, 3.63) is 17.5 Å². The highest BCUT2D eigenvalue weighted by Gasteiger charge is 2.54. The topological polar surface area (TPSA) is 58.4 Å². The molecule has 1 aromatic rings. The van der Waals surface area contributed by atoms with Gasteiger partial charge in [0, 0.05) is 52.5 Å². The molecular formula is C13H21F3N4O2S. The van der Waals surface area contributed by atoms with Crippen LogP contribution >= 0.6 is 0 Å². The molecule has 1 aliphatic rings. The summed E-state index contributed by atoms with van der Waals surface area (Å²) >= 11 is 0. The van der Waals surface area contributed by atoms with E-state index in [1.165, 1.54) is 19.0 Å². The second-order valence-electron chi connectivity index (χ2n) is 6.12. The van der Waals surface area contributed by atoms with Crippen LogP contribution in [0.4, 0.5) is 13.2 Å². The molecule has 10 heteroatoms. The smallest absolute Gasteiger partial charge is 0.297 e. The molecule has 0 unspecified atom stereocenters. The van der Waals surface area contributed by atoms with E-state index in [0.29, 0.717) is 0 Å². The fraction of sp³-hybridized carbons (Fsp3) is 0.769. The van der Waals surface area contributed by atoms with Crippen LogP contribution in [0.3, 0.4) is 0 Å². The Labute approximate surface area is 133 Å². The van der Waals surface area contributed by atoms with Crippen LogP contribution in [0.2, 0.25) is 0 Å². The van der Waals surface area contributed by atoms with Gasteiger partial charge in [0.15, 0.2) is 0 Å². The van der Waals surface area contributed by atoms with Gasteiger partial charge in [-0.25, -0.2) is 12.7 Å². The molecule has 0 spiro atoms. The first-order valence-corrected chi connectivity index (χ1v) is 8.62. The van der Waals surface area contributed by atoms with Crippen LogP contribution in [-0.2, 0) is 23.6 Å². The first kappa shape index (κ1) is 18.2. The Kier molecular flexibility index (Phi) is 4.80. The van der Waals surface area contributed by atoms with E-state index in [2.05, 4.69) is 5.10 Å². The fourth-order valence-corrected chi connectivity index (χ4v) is 4.51. The molecule has 2 heterocycles. The molecular weight excluding hydrogens is 333 g/mol. The lowest BCUT2D eigenvalue weighted by molar-refractivity contribution is -0.169. The number of rotatable bonds is 4. The van der Waals surface area contributed by atoms with Gasteiger partial charge in [0.05, 0.1) is 11.6 Å². The minimum Gasteiger partial charge on any atom is -0.297 e. The summed E-state index contributed by atoms with van der Waals surface area (Å²) in [6.45, 7) is 1.57. The van der Waals surface area contributed by atoms with Crippen molar-refractivity contribution in [2.75, 3.05) is 27.2 Å². The first-order chi connectivity index (χ1) is 10.4. The van der Waals surface area contributed by atoms with Gasteiger partial charge in [-0.3, -0.25) is 9.58 Å². The molecule has 0 saturated carbocycles. The summed E-state index contributed by atoms with van der Waals surface area (Å²) in [7, 11) is 0.267. The standard InChI is InChI=1S/C13H21F3N4O2S/c1-9-10(5-19(4)17-9)6-20-7-11(13(14,15)16)12(8-20)23(21,22)18(2)3/h5,11-12H,6-8H2,1-4H3/t11-,12-/m1/s1. The zero-order chi connectivity index (χ0) is 17.6. The van der Waals surface area contributed by atoms with Crippen LogP contribution in [0.1, 0.15) is 11.3 Å². The Hall–Kier alpha value is -1.13. The van der Waals surface area contributed by atoms with E-state index in [1.54, 1.807) is 24.9 Å². The van der Waals surface area contributed by atoms with Gasteiger partial charge >= 0.3 is 6.18 Å². The molecule has 0 radical (unpaired) electrons. The summed E-state index contributed by atoms with van der Waals surface area (Å²) in [6, 6.07) is 0. The highest BCUT2D eigenvalue weighted by Crippen LogP contribution is 2.38. The number of sulfonamides is 1. The molecule has 0 bridgehead atoms. The molecule has 0 aromatic carbocycles. The number of nitrogens with zero attached hydrogens (tertiary/aromatic N) is 4. The highest BCUT2D eigenvalue weighted by molar-refractivity contribution is 7.89. The third-order valence-electron chi connectivity index (χ3n) is 4.16. The zero-order valence-corrected chi connectivity index (χ0v) is 14.3. The zero-order valence-electron chi connectivity index (χ0n) is 13.5. The van der Waals surface area contributed by atoms with Crippen molar-refractivity contribution in [3.8, 4) is 0 Å². The quantitative estimate of drug-likeness (QED) is 0.809. The summed E-state index contributed by atoms with van der Waals surface area (Å²) in [5.41, 5.74) is 1.53. The van der Waals surface area contributed by atoms with Crippen molar-refractivity contribution in [3.63, 3.8) is 0 Å². The molecule has 6 nitrogen and oxygen atoms in total. The Morgan fingerprint density at radius 2 is 1.96 bits per heavy atom. The molecule has 0 aliphatic carbocycles. The van der Waals surface area contributed by atoms with Gasteiger partial charge in [-0.2, -0.15) is 18.3 Å². The second kappa shape index (κ2) is 6.06. The lowest BCUT2D eigenvalue weighted by Crippen LogP contribution is -2.43. The van der Waals surface area contributed by atoms with Crippen molar-refractivity contribution in [2.45, 2.75) is 24.9 Å². The average molecular weight is 354 g/mol. The van der Waals surface area contributed by atoms with Crippen LogP contribution < -0.4 is 0 Å². The van der Waals surface area contributed by atoms with Crippen LogP contribution in [0.25, 0.3) is 0 Å². The molecule has 132 valence electrons. The van der Waals surface area contributed by atoms with Crippen LogP contribution in [0, 0.1) is 12.8 Å². The van der Waals surface area contributed by atoms with Gasteiger partial charge in [-0.1, -0.05) is 0 Å². The normalized spacial score (nSPS) is 23.8. The third kappa shape index (κ3) is 3.69. The van der Waals surface area contributed by atoms with Gasteiger partial charge in [0.25, 0.3) is 0 Å². The van der Waals surface area contributed by atoms with E-state index in [1.807, 2.05) is 0 Å². The lowest BCUT2D eigenvalue weighted by Gasteiger charge is -2.24. The fourth-order valence-electron chi connectivity index (χ4n) is 2.91. The SMILES string of the molecule is Cc1nn(C)cc1CN1C[C@@H](C(F)(F)F)[C@H](S(=O)(=O)N(C)C)C1. The van der Waals surface area contributed by atoms with Crippen molar-refractivity contribution >= 4 is 10.0 Å². The van der Waals surface area contributed by atoms with Crippen LogP contribution in [-0.4, -0.2) is 66.0 Å². The molecule has 2 atom stereocenters. The number of hydrogen-bond donors (Lipinski definition) is 0. The van der Waals surface area contributed by atoms with Crippen molar-refractivity contribution in [1.82, 2.24) is 19.0 Å². The number of halogens is 3. The molecule has 23 heavy (non-hydrogen) atoms. The van der Waals surface area contributed by atoms with Crippen molar-refractivity contribution < 1.29 is 21.6 Å². The minimum absolute atomic E-state index is 0.140. The molecule has 2 rings (SSSR count). The maximum absolute atomic E-state index is 13.3. The summed E-state index contributed by atoms with van der Waals surface area (Å²) in [4.78, 5) is 1.54. The average Bonchev–Trinajstić information content (AvgIpc) is 2.94. The number of hydrogen-bond acceptors (Lipinski definition) is 4. The molecule has 0 N–H and O–H groups in total. The minimum atomic E-state index is -4.55. The van der Waals surface area contributed by atoms with Gasteiger partial charge in [-0.05, 0) is 6.92 Å². The molecule has 1 saturated heterocycles. The monoisotopic (exact) mass is 354 g/mol. The van der Waals surface area contributed by atoms with E-state index >= 15 is 0 Å². The molecule has 1 aliphatic heterocycles. The predicted molar refractivity (Wildman–Crippen MR) is 79.2 cm³/mol. The summed E-state index contributed by atoms with van der Waals surface area (Å²) in [5.74, 6) is -1.88. The van der Waals surface area contributed by atoms with E-state index < -0.39 is 27.4 Å². The lowest BCUT2D eigenvalue weighted by atomic mass is 10.1. The van der Waals surface area contributed by atoms with Gasteiger partial charge in [-0.15, -0.1) is 0 Å². The van der Waals surface area contributed by atoms with Gasteiger partial charge in [0.1, 0.15) is 5.25 Å². The van der Waals surface area contributed by atoms with E-state index in [4.69, 9.17) is 0 Å². The maximum Gasteiger partial charge on any atom is 0.394 e. The van der Waals surface area contributed by atoms with Gasteiger partial charge in [0.2, 0.25) is 10.0 Å². The second-order valence-corrected chi connectivity index (χ2v) is 8.49. The summed E-state index contributed by atoms with van der Waals surface area (Å²) in [5, 5.41) is 2.68.